The molecule has 0 spiro atoms. The molecule has 1 aliphatic rings. The van der Waals surface area contributed by atoms with Gasteiger partial charge in [-0.3, -0.25) is 4.79 Å². The zero-order chi connectivity index (χ0) is 17.1. The molecule has 2 aromatic rings. The maximum Gasteiger partial charge on any atom is 0.257 e. The molecule has 3 rings (SSSR count). The van der Waals surface area contributed by atoms with E-state index in [0.29, 0.717) is 10.7 Å². The van der Waals surface area contributed by atoms with Crippen molar-refractivity contribution in [2.24, 2.45) is 0 Å². The fourth-order valence-corrected chi connectivity index (χ4v) is 3.27. The minimum atomic E-state index is -0.411. The highest BCUT2D eigenvalue weighted by atomic mass is 35.5. The second-order valence-electron chi connectivity index (χ2n) is 5.76. The van der Waals surface area contributed by atoms with Gasteiger partial charge in [0, 0.05) is 13.1 Å². The lowest BCUT2D eigenvalue weighted by molar-refractivity contribution is 0.102. The van der Waals surface area contributed by atoms with Gasteiger partial charge in [0.2, 0.25) is 0 Å². The molecule has 24 heavy (non-hydrogen) atoms. The van der Waals surface area contributed by atoms with Gasteiger partial charge in [-0.25, -0.2) is 4.39 Å². The Labute approximate surface area is 150 Å². The van der Waals surface area contributed by atoms with Crippen LogP contribution in [0, 0.1) is 5.82 Å². The first-order valence-electron chi connectivity index (χ1n) is 7.86. The number of hydrogen-bond acceptors (Lipinski definition) is 2. The molecule has 0 aromatic heterocycles. The van der Waals surface area contributed by atoms with Crippen molar-refractivity contribution in [1.82, 2.24) is 0 Å². The zero-order valence-corrected chi connectivity index (χ0v) is 14.5. The largest absolute Gasteiger partial charge is 0.370 e. The summed E-state index contributed by atoms with van der Waals surface area (Å²) in [7, 11) is 0. The molecule has 0 radical (unpaired) electrons. The number of benzene rings is 2. The summed E-state index contributed by atoms with van der Waals surface area (Å²) in [5.41, 5.74) is 1.53. The van der Waals surface area contributed by atoms with E-state index in [4.69, 9.17) is 23.2 Å². The van der Waals surface area contributed by atoms with Crippen LogP contribution in [0.5, 0.6) is 0 Å². The number of carbonyl (C=O) groups is 1. The summed E-state index contributed by atoms with van der Waals surface area (Å²) in [6.45, 7) is 1.79. The molecule has 0 bridgehead atoms. The lowest BCUT2D eigenvalue weighted by Crippen LogP contribution is -2.30. The molecule has 0 unspecified atom stereocenters. The van der Waals surface area contributed by atoms with Crippen LogP contribution >= 0.6 is 23.2 Å². The van der Waals surface area contributed by atoms with E-state index in [2.05, 4.69) is 10.2 Å². The Morgan fingerprint density at radius 3 is 2.58 bits per heavy atom. The first-order chi connectivity index (χ1) is 11.6. The number of rotatable bonds is 3. The van der Waals surface area contributed by atoms with Gasteiger partial charge in [0.05, 0.1) is 27.0 Å². The number of anilines is 2. The molecule has 1 aliphatic heterocycles. The molecular weight excluding hydrogens is 350 g/mol. The van der Waals surface area contributed by atoms with Crippen molar-refractivity contribution >= 4 is 40.5 Å². The van der Waals surface area contributed by atoms with Crippen LogP contribution in [0.15, 0.2) is 36.4 Å². The number of nitrogens with zero attached hydrogens (tertiary/aromatic N) is 1. The van der Waals surface area contributed by atoms with Gasteiger partial charge in [0.1, 0.15) is 5.82 Å². The van der Waals surface area contributed by atoms with Crippen LogP contribution in [0.3, 0.4) is 0 Å². The van der Waals surface area contributed by atoms with E-state index in [1.807, 2.05) is 0 Å². The van der Waals surface area contributed by atoms with Crippen molar-refractivity contribution in [1.29, 1.82) is 0 Å². The average Bonchev–Trinajstić information content (AvgIpc) is 2.58. The second-order valence-corrected chi connectivity index (χ2v) is 6.55. The van der Waals surface area contributed by atoms with Crippen molar-refractivity contribution in [2.45, 2.75) is 19.3 Å². The van der Waals surface area contributed by atoms with Crippen LogP contribution in [0.2, 0.25) is 10.0 Å². The Kier molecular flexibility index (Phi) is 5.27. The molecule has 6 heteroatoms. The molecule has 2 aromatic carbocycles. The molecule has 126 valence electrons. The second kappa shape index (κ2) is 7.41. The fourth-order valence-electron chi connectivity index (χ4n) is 2.89. The highest BCUT2D eigenvalue weighted by Crippen LogP contribution is 2.31. The van der Waals surface area contributed by atoms with Gasteiger partial charge < -0.3 is 10.2 Å². The molecule has 1 fully saturated rings. The first kappa shape index (κ1) is 17.1. The van der Waals surface area contributed by atoms with Crippen molar-refractivity contribution in [3.63, 3.8) is 0 Å². The summed E-state index contributed by atoms with van der Waals surface area (Å²) in [6, 6.07) is 9.30. The van der Waals surface area contributed by atoms with Crippen LogP contribution in [-0.2, 0) is 0 Å². The summed E-state index contributed by atoms with van der Waals surface area (Å²) < 4.78 is 13.7. The van der Waals surface area contributed by atoms with Crippen molar-refractivity contribution in [3.8, 4) is 0 Å². The van der Waals surface area contributed by atoms with E-state index in [9.17, 15) is 9.18 Å². The van der Waals surface area contributed by atoms with Gasteiger partial charge in [-0.15, -0.1) is 0 Å². The maximum absolute atomic E-state index is 13.7. The topological polar surface area (TPSA) is 32.3 Å². The molecule has 1 amide bonds. The Hall–Kier alpha value is -1.78. The van der Waals surface area contributed by atoms with Gasteiger partial charge in [0.25, 0.3) is 5.91 Å². The molecule has 1 saturated heterocycles. The number of piperidine rings is 1. The van der Waals surface area contributed by atoms with E-state index in [-0.39, 0.29) is 10.6 Å². The number of halogens is 3. The monoisotopic (exact) mass is 366 g/mol. The predicted octanol–water partition coefficient (Wildman–Crippen LogP) is 5.38. The lowest BCUT2D eigenvalue weighted by Gasteiger charge is -2.30. The highest BCUT2D eigenvalue weighted by molar-refractivity contribution is 6.44. The summed E-state index contributed by atoms with van der Waals surface area (Å²) in [5, 5.41) is 3.26. The van der Waals surface area contributed by atoms with Gasteiger partial charge in [-0.05, 0) is 49.6 Å². The Morgan fingerprint density at radius 1 is 1.08 bits per heavy atom. The predicted molar refractivity (Wildman–Crippen MR) is 96.9 cm³/mol. The van der Waals surface area contributed by atoms with Crippen LogP contribution in [-0.4, -0.2) is 19.0 Å². The highest BCUT2D eigenvalue weighted by Gasteiger charge is 2.18. The zero-order valence-electron chi connectivity index (χ0n) is 13.0. The number of carbonyl (C=O) groups excluding carboxylic acids is 1. The Morgan fingerprint density at radius 2 is 1.83 bits per heavy atom. The van der Waals surface area contributed by atoms with E-state index in [1.54, 1.807) is 24.3 Å². The number of amides is 1. The maximum atomic E-state index is 13.7. The molecule has 1 heterocycles. The Bertz CT molecular complexity index is 761. The first-order valence-corrected chi connectivity index (χ1v) is 8.62. The quantitative estimate of drug-likeness (QED) is 0.791. The minimum Gasteiger partial charge on any atom is -0.370 e. The third kappa shape index (κ3) is 3.65. The third-order valence-electron chi connectivity index (χ3n) is 4.10. The summed E-state index contributed by atoms with van der Waals surface area (Å²) in [4.78, 5) is 14.7. The summed E-state index contributed by atoms with van der Waals surface area (Å²) in [6.07, 6.45) is 3.37. The summed E-state index contributed by atoms with van der Waals surface area (Å²) in [5.74, 6) is -0.811. The van der Waals surface area contributed by atoms with E-state index in [0.717, 1.165) is 31.6 Å². The third-order valence-corrected chi connectivity index (χ3v) is 4.92. The van der Waals surface area contributed by atoms with Crippen LogP contribution in [0.1, 0.15) is 29.6 Å². The van der Waals surface area contributed by atoms with E-state index < -0.39 is 11.7 Å². The molecule has 0 aliphatic carbocycles. The Balaban J connectivity index is 1.90. The van der Waals surface area contributed by atoms with Crippen LogP contribution in [0.4, 0.5) is 15.8 Å². The fraction of sp³-hybridized carbons (Fsp3) is 0.278. The van der Waals surface area contributed by atoms with Gasteiger partial charge in [-0.2, -0.15) is 0 Å². The van der Waals surface area contributed by atoms with Crippen LogP contribution in [0.25, 0.3) is 0 Å². The molecule has 0 atom stereocenters. The number of hydrogen-bond donors (Lipinski definition) is 1. The smallest absolute Gasteiger partial charge is 0.257 e. The van der Waals surface area contributed by atoms with Gasteiger partial charge in [0.15, 0.2) is 0 Å². The molecule has 3 nitrogen and oxygen atoms in total. The normalized spacial score (nSPS) is 14.5. The van der Waals surface area contributed by atoms with Gasteiger partial charge >= 0.3 is 0 Å². The van der Waals surface area contributed by atoms with Crippen LogP contribution < -0.4 is 10.2 Å². The molecule has 0 saturated carbocycles. The molecular formula is C18H17Cl2FN2O. The summed E-state index contributed by atoms with van der Waals surface area (Å²) >= 11 is 12.1. The van der Waals surface area contributed by atoms with Crippen molar-refractivity contribution in [3.05, 3.63) is 57.8 Å². The average molecular weight is 367 g/mol. The lowest BCUT2D eigenvalue weighted by atomic mass is 10.1. The SMILES string of the molecule is O=C(Nc1cc(F)ccc1N1CCCCC1)c1cccc(Cl)c1Cl. The standard InChI is InChI=1S/C18H17Cl2FN2O/c19-14-6-4-5-13(17(14)20)18(24)22-15-11-12(21)7-8-16(15)23-9-2-1-3-10-23/h4-8,11H,1-3,9-10H2,(H,22,24). The van der Waals surface area contributed by atoms with E-state index >= 15 is 0 Å². The van der Waals surface area contributed by atoms with Gasteiger partial charge in [-0.1, -0.05) is 29.3 Å². The number of nitrogens with one attached hydrogen (secondary N) is 1. The van der Waals surface area contributed by atoms with Crippen molar-refractivity contribution < 1.29 is 9.18 Å². The minimum absolute atomic E-state index is 0.188. The van der Waals surface area contributed by atoms with E-state index in [1.165, 1.54) is 18.6 Å². The molecule has 1 N–H and O–H groups in total. The van der Waals surface area contributed by atoms with Crippen molar-refractivity contribution in [2.75, 3.05) is 23.3 Å².